The minimum absolute atomic E-state index is 0.175. The van der Waals surface area contributed by atoms with Gasteiger partial charge in [0.1, 0.15) is 5.75 Å². The summed E-state index contributed by atoms with van der Waals surface area (Å²) in [7, 11) is 0. The summed E-state index contributed by atoms with van der Waals surface area (Å²) in [6.07, 6.45) is 1.92. The van der Waals surface area contributed by atoms with E-state index in [0.717, 1.165) is 31.0 Å². The highest BCUT2D eigenvalue weighted by Gasteiger charge is 2.14. The van der Waals surface area contributed by atoms with Crippen molar-refractivity contribution in [2.24, 2.45) is 5.92 Å². The van der Waals surface area contributed by atoms with Gasteiger partial charge in [-0.15, -0.1) is 0 Å². The SMILES string of the molecule is O=C(O)CCc1ccc(OCC2CCNC2)cc1. The highest BCUT2D eigenvalue weighted by Crippen LogP contribution is 2.16. The minimum Gasteiger partial charge on any atom is -0.493 e. The van der Waals surface area contributed by atoms with Crippen LogP contribution in [0.25, 0.3) is 0 Å². The van der Waals surface area contributed by atoms with E-state index in [9.17, 15) is 4.79 Å². The Morgan fingerprint density at radius 2 is 2.17 bits per heavy atom. The highest BCUT2D eigenvalue weighted by atomic mass is 16.5. The number of aryl methyl sites for hydroxylation is 1. The Morgan fingerprint density at radius 3 is 2.78 bits per heavy atom. The Bertz CT molecular complexity index is 383. The van der Waals surface area contributed by atoms with Crippen molar-refractivity contribution in [3.05, 3.63) is 29.8 Å². The first-order chi connectivity index (χ1) is 8.74. The number of carboxylic acids is 1. The van der Waals surface area contributed by atoms with Crippen LogP contribution in [0.4, 0.5) is 0 Å². The number of ether oxygens (including phenoxy) is 1. The molecule has 0 amide bonds. The molecule has 0 aliphatic carbocycles. The van der Waals surface area contributed by atoms with Gasteiger partial charge in [-0.25, -0.2) is 0 Å². The summed E-state index contributed by atoms with van der Waals surface area (Å²) >= 11 is 0. The number of hydrogen-bond donors (Lipinski definition) is 2. The molecule has 18 heavy (non-hydrogen) atoms. The van der Waals surface area contributed by atoms with E-state index in [4.69, 9.17) is 9.84 Å². The molecule has 1 aromatic carbocycles. The second-order valence-corrected chi connectivity index (χ2v) is 4.71. The van der Waals surface area contributed by atoms with E-state index in [1.54, 1.807) is 0 Å². The van der Waals surface area contributed by atoms with Gasteiger partial charge in [0.05, 0.1) is 6.61 Å². The molecule has 0 bridgehead atoms. The molecule has 1 fully saturated rings. The molecule has 98 valence electrons. The van der Waals surface area contributed by atoms with E-state index in [1.807, 2.05) is 24.3 Å². The van der Waals surface area contributed by atoms with Crippen LogP contribution >= 0.6 is 0 Å². The number of benzene rings is 1. The Morgan fingerprint density at radius 1 is 1.39 bits per heavy atom. The molecule has 4 nitrogen and oxygen atoms in total. The minimum atomic E-state index is -0.760. The molecule has 1 aliphatic heterocycles. The molecule has 1 saturated heterocycles. The summed E-state index contributed by atoms with van der Waals surface area (Å²) < 4.78 is 5.71. The van der Waals surface area contributed by atoms with E-state index in [1.165, 1.54) is 6.42 Å². The second-order valence-electron chi connectivity index (χ2n) is 4.71. The molecular formula is C14H19NO3. The van der Waals surface area contributed by atoms with Crippen molar-refractivity contribution in [1.82, 2.24) is 5.32 Å². The Balaban J connectivity index is 1.77. The smallest absolute Gasteiger partial charge is 0.303 e. The van der Waals surface area contributed by atoms with Crippen LogP contribution < -0.4 is 10.1 Å². The maximum atomic E-state index is 10.5. The number of aliphatic carboxylic acids is 1. The number of nitrogens with one attached hydrogen (secondary N) is 1. The predicted molar refractivity (Wildman–Crippen MR) is 68.9 cm³/mol. The van der Waals surface area contributed by atoms with Crippen molar-refractivity contribution in [3.63, 3.8) is 0 Å². The van der Waals surface area contributed by atoms with Gasteiger partial charge < -0.3 is 15.2 Å². The third-order valence-corrected chi connectivity index (χ3v) is 3.20. The summed E-state index contributed by atoms with van der Waals surface area (Å²) in [5.41, 5.74) is 1.03. The Labute approximate surface area is 107 Å². The maximum Gasteiger partial charge on any atom is 0.303 e. The van der Waals surface area contributed by atoms with E-state index in [-0.39, 0.29) is 6.42 Å². The summed E-state index contributed by atoms with van der Waals surface area (Å²) in [5.74, 6) is 0.710. The lowest BCUT2D eigenvalue weighted by molar-refractivity contribution is -0.136. The monoisotopic (exact) mass is 249 g/mol. The standard InChI is InChI=1S/C14H19NO3/c16-14(17)6-3-11-1-4-13(5-2-11)18-10-12-7-8-15-9-12/h1-2,4-5,12,15H,3,6-10H2,(H,16,17). The number of rotatable bonds is 6. The second kappa shape index (κ2) is 6.40. The third-order valence-electron chi connectivity index (χ3n) is 3.20. The van der Waals surface area contributed by atoms with Crippen LogP contribution in [0.3, 0.4) is 0 Å². The summed E-state index contributed by atoms with van der Waals surface area (Å²) in [6, 6.07) is 7.70. The average Bonchev–Trinajstić information content (AvgIpc) is 2.88. The van der Waals surface area contributed by atoms with Gasteiger partial charge in [-0.1, -0.05) is 12.1 Å². The zero-order valence-corrected chi connectivity index (χ0v) is 10.4. The highest BCUT2D eigenvalue weighted by molar-refractivity contribution is 5.67. The summed E-state index contributed by atoms with van der Waals surface area (Å²) in [6.45, 7) is 2.88. The van der Waals surface area contributed by atoms with Gasteiger partial charge in [-0.2, -0.15) is 0 Å². The van der Waals surface area contributed by atoms with Crippen molar-refractivity contribution in [2.45, 2.75) is 19.3 Å². The average molecular weight is 249 g/mol. The van der Waals surface area contributed by atoms with Crippen LogP contribution in [-0.2, 0) is 11.2 Å². The summed E-state index contributed by atoms with van der Waals surface area (Å²) in [4.78, 5) is 10.5. The molecule has 2 rings (SSSR count). The van der Waals surface area contributed by atoms with Crippen LogP contribution in [0.15, 0.2) is 24.3 Å². The fraction of sp³-hybridized carbons (Fsp3) is 0.500. The van der Waals surface area contributed by atoms with Gasteiger partial charge in [-0.3, -0.25) is 4.79 Å². The zero-order valence-electron chi connectivity index (χ0n) is 10.4. The van der Waals surface area contributed by atoms with Crippen molar-refractivity contribution in [3.8, 4) is 5.75 Å². The lowest BCUT2D eigenvalue weighted by atomic mass is 10.1. The lowest BCUT2D eigenvalue weighted by Gasteiger charge is -2.11. The van der Waals surface area contributed by atoms with E-state index >= 15 is 0 Å². The molecule has 0 spiro atoms. The van der Waals surface area contributed by atoms with Crippen LogP contribution in [0.5, 0.6) is 5.75 Å². The van der Waals surface area contributed by atoms with Gasteiger partial charge in [0.15, 0.2) is 0 Å². The Kier molecular flexibility index (Phi) is 4.59. The van der Waals surface area contributed by atoms with Crippen LogP contribution in [-0.4, -0.2) is 30.8 Å². The molecule has 1 aromatic rings. The van der Waals surface area contributed by atoms with Crippen molar-refractivity contribution in [2.75, 3.05) is 19.7 Å². The van der Waals surface area contributed by atoms with Crippen molar-refractivity contribution >= 4 is 5.97 Å². The molecule has 0 aromatic heterocycles. The van der Waals surface area contributed by atoms with Gasteiger partial charge in [0.25, 0.3) is 0 Å². The van der Waals surface area contributed by atoms with E-state index in [0.29, 0.717) is 12.3 Å². The number of carbonyl (C=O) groups is 1. The molecule has 1 atom stereocenters. The van der Waals surface area contributed by atoms with Crippen molar-refractivity contribution < 1.29 is 14.6 Å². The van der Waals surface area contributed by atoms with Gasteiger partial charge in [0, 0.05) is 18.9 Å². The third kappa shape index (κ3) is 4.04. The molecule has 1 unspecified atom stereocenters. The zero-order chi connectivity index (χ0) is 12.8. The first-order valence-electron chi connectivity index (χ1n) is 6.38. The maximum absolute atomic E-state index is 10.5. The number of hydrogen-bond acceptors (Lipinski definition) is 3. The molecule has 1 aliphatic rings. The molecule has 2 N–H and O–H groups in total. The van der Waals surface area contributed by atoms with E-state index < -0.39 is 5.97 Å². The van der Waals surface area contributed by atoms with Crippen LogP contribution in [0.1, 0.15) is 18.4 Å². The first kappa shape index (κ1) is 12.9. The largest absolute Gasteiger partial charge is 0.493 e. The molecule has 1 heterocycles. The Hall–Kier alpha value is -1.55. The van der Waals surface area contributed by atoms with E-state index in [2.05, 4.69) is 5.32 Å². The van der Waals surface area contributed by atoms with Gasteiger partial charge in [0.2, 0.25) is 0 Å². The normalized spacial score (nSPS) is 18.8. The lowest BCUT2D eigenvalue weighted by Crippen LogP contribution is -2.15. The van der Waals surface area contributed by atoms with Gasteiger partial charge >= 0.3 is 5.97 Å². The van der Waals surface area contributed by atoms with Crippen molar-refractivity contribution in [1.29, 1.82) is 0 Å². The predicted octanol–water partition coefficient (Wildman–Crippen LogP) is 1.69. The molecule has 0 radical (unpaired) electrons. The fourth-order valence-corrected chi connectivity index (χ4v) is 2.07. The first-order valence-corrected chi connectivity index (χ1v) is 6.38. The van der Waals surface area contributed by atoms with Crippen LogP contribution in [0.2, 0.25) is 0 Å². The molecule has 4 heteroatoms. The molecule has 0 saturated carbocycles. The quantitative estimate of drug-likeness (QED) is 0.805. The van der Waals surface area contributed by atoms with Gasteiger partial charge in [-0.05, 0) is 37.1 Å². The molecular weight excluding hydrogens is 230 g/mol. The van der Waals surface area contributed by atoms with Crippen LogP contribution in [0, 0.1) is 5.92 Å². The topological polar surface area (TPSA) is 58.6 Å². The summed E-state index contributed by atoms with van der Waals surface area (Å²) in [5, 5.41) is 11.9. The number of carboxylic acid groups (broad SMARTS) is 1. The fourth-order valence-electron chi connectivity index (χ4n) is 2.07.